The van der Waals surface area contributed by atoms with E-state index < -0.39 is 5.97 Å². The molecule has 2 aromatic rings. The van der Waals surface area contributed by atoms with Crippen LogP contribution in [0.3, 0.4) is 0 Å². The number of anilines is 1. The molecule has 0 unspecified atom stereocenters. The highest BCUT2D eigenvalue weighted by Crippen LogP contribution is 2.37. The number of rotatable bonds is 5. The molecule has 3 rings (SSSR count). The summed E-state index contributed by atoms with van der Waals surface area (Å²) in [4.78, 5) is 26.2. The van der Waals surface area contributed by atoms with Crippen molar-refractivity contribution >= 4 is 67.9 Å². The number of thioether (sulfide) groups is 1. The van der Waals surface area contributed by atoms with E-state index in [1.807, 2.05) is 37.3 Å². The van der Waals surface area contributed by atoms with E-state index in [2.05, 4.69) is 20.7 Å². The Morgan fingerprint density at radius 2 is 2.04 bits per heavy atom. The Labute approximate surface area is 180 Å². The summed E-state index contributed by atoms with van der Waals surface area (Å²) in [6.07, 6.45) is 1.78. The summed E-state index contributed by atoms with van der Waals surface area (Å²) in [5.74, 6) is -0.0997. The molecule has 1 aliphatic heterocycles. The maximum absolute atomic E-state index is 12.9. The second kappa shape index (κ2) is 8.89. The first kappa shape index (κ1) is 20.6. The Kier molecular flexibility index (Phi) is 6.53. The van der Waals surface area contributed by atoms with Crippen LogP contribution in [-0.2, 0) is 14.3 Å². The zero-order chi connectivity index (χ0) is 20.3. The standard InChI is InChI=1S/C20H16BrNO4S2/c1-12-5-3-4-6-15(12)22-19(24)17(28-20(22)27)10-13-7-8-16(14(21)9-13)26-11-18(23)25-2/h3-10H,11H2,1-2H3/b17-10+. The Morgan fingerprint density at radius 3 is 2.71 bits per heavy atom. The highest BCUT2D eigenvalue weighted by atomic mass is 79.9. The first-order valence-corrected chi connectivity index (χ1v) is 10.2. The Balaban J connectivity index is 1.81. The fourth-order valence-corrected chi connectivity index (χ4v) is 4.36. The van der Waals surface area contributed by atoms with E-state index in [-0.39, 0.29) is 12.5 Å². The molecule has 8 heteroatoms. The van der Waals surface area contributed by atoms with Gasteiger partial charge in [0, 0.05) is 0 Å². The molecule has 1 saturated heterocycles. The number of esters is 1. The average molecular weight is 478 g/mol. The molecule has 0 aromatic heterocycles. The first-order chi connectivity index (χ1) is 13.4. The molecule has 0 radical (unpaired) electrons. The average Bonchev–Trinajstić information content (AvgIpc) is 2.94. The van der Waals surface area contributed by atoms with Crippen molar-refractivity contribution in [3.05, 3.63) is 63.0 Å². The number of benzene rings is 2. The van der Waals surface area contributed by atoms with Crippen LogP contribution in [0, 0.1) is 6.92 Å². The lowest BCUT2D eigenvalue weighted by atomic mass is 10.1. The normalized spacial score (nSPS) is 15.2. The summed E-state index contributed by atoms with van der Waals surface area (Å²) in [7, 11) is 1.30. The van der Waals surface area contributed by atoms with Crippen LogP contribution < -0.4 is 9.64 Å². The zero-order valence-corrected chi connectivity index (χ0v) is 18.3. The van der Waals surface area contributed by atoms with Crippen LogP contribution in [0.2, 0.25) is 0 Å². The van der Waals surface area contributed by atoms with Gasteiger partial charge in [-0.2, -0.15) is 0 Å². The van der Waals surface area contributed by atoms with Gasteiger partial charge in [-0.1, -0.05) is 48.2 Å². The molecule has 0 aliphatic carbocycles. The van der Waals surface area contributed by atoms with Crippen molar-refractivity contribution in [1.82, 2.24) is 0 Å². The van der Waals surface area contributed by atoms with Gasteiger partial charge in [0.05, 0.1) is 22.2 Å². The molecule has 0 bridgehead atoms. The smallest absolute Gasteiger partial charge is 0.343 e. The maximum atomic E-state index is 12.9. The van der Waals surface area contributed by atoms with Crippen LogP contribution in [0.1, 0.15) is 11.1 Å². The number of thiocarbonyl (C=S) groups is 1. The number of carbonyl (C=O) groups excluding carboxylic acids is 2. The lowest BCUT2D eigenvalue weighted by molar-refractivity contribution is -0.142. The minimum absolute atomic E-state index is 0.147. The molecular weight excluding hydrogens is 462 g/mol. The fraction of sp³-hybridized carbons (Fsp3) is 0.150. The molecule has 0 saturated carbocycles. The van der Waals surface area contributed by atoms with Gasteiger partial charge in [-0.05, 0) is 58.3 Å². The van der Waals surface area contributed by atoms with Crippen LogP contribution in [0.5, 0.6) is 5.75 Å². The Bertz CT molecular complexity index is 990. The van der Waals surface area contributed by atoms with E-state index in [0.29, 0.717) is 19.4 Å². The summed E-state index contributed by atoms with van der Waals surface area (Å²) < 4.78 is 11.1. The molecular formula is C20H16BrNO4S2. The van der Waals surface area contributed by atoms with E-state index in [1.165, 1.54) is 18.9 Å². The third-order valence-electron chi connectivity index (χ3n) is 3.98. The van der Waals surface area contributed by atoms with Crippen molar-refractivity contribution in [1.29, 1.82) is 0 Å². The number of nitrogens with zero attached hydrogens (tertiary/aromatic N) is 1. The number of carbonyl (C=O) groups is 2. The van der Waals surface area contributed by atoms with Gasteiger partial charge in [-0.3, -0.25) is 9.69 Å². The minimum atomic E-state index is -0.462. The molecule has 2 aromatic carbocycles. The monoisotopic (exact) mass is 477 g/mol. The maximum Gasteiger partial charge on any atom is 0.343 e. The van der Waals surface area contributed by atoms with E-state index in [0.717, 1.165) is 16.8 Å². The number of methoxy groups -OCH3 is 1. The molecule has 28 heavy (non-hydrogen) atoms. The first-order valence-electron chi connectivity index (χ1n) is 8.23. The highest BCUT2D eigenvalue weighted by molar-refractivity contribution is 9.10. The highest BCUT2D eigenvalue weighted by Gasteiger charge is 2.33. The van der Waals surface area contributed by atoms with Gasteiger partial charge in [-0.15, -0.1) is 0 Å². The predicted octanol–water partition coefficient (Wildman–Crippen LogP) is 4.72. The zero-order valence-electron chi connectivity index (χ0n) is 15.1. The third-order valence-corrected chi connectivity index (χ3v) is 5.90. The largest absolute Gasteiger partial charge is 0.481 e. The van der Waals surface area contributed by atoms with Gasteiger partial charge in [0.2, 0.25) is 0 Å². The van der Waals surface area contributed by atoms with Crippen molar-refractivity contribution in [3.8, 4) is 5.75 Å². The van der Waals surface area contributed by atoms with Crippen LogP contribution in [0.25, 0.3) is 6.08 Å². The second-order valence-corrected chi connectivity index (χ2v) is 8.39. The molecule has 144 valence electrons. The van der Waals surface area contributed by atoms with Crippen molar-refractivity contribution in [2.75, 3.05) is 18.6 Å². The van der Waals surface area contributed by atoms with Crippen LogP contribution in [-0.4, -0.2) is 29.9 Å². The molecule has 0 atom stereocenters. The number of amides is 1. The number of aryl methyl sites for hydroxylation is 1. The van der Waals surface area contributed by atoms with Gasteiger partial charge in [0.15, 0.2) is 10.9 Å². The lowest BCUT2D eigenvalue weighted by Gasteiger charge is -2.16. The lowest BCUT2D eigenvalue weighted by Crippen LogP contribution is -2.28. The number of hydrogen-bond donors (Lipinski definition) is 0. The van der Waals surface area contributed by atoms with Crippen LogP contribution in [0.4, 0.5) is 5.69 Å². The molecule has 0 spiro atoms. The molecule has 1 aliphatic rings. The van der Waals surface area contributed by atoms with Crippen molar-refractivity contribution in [3.63, 3.8) is 0 Å². The fourth-order valence-electron chi connectivity index (χ4n) is 2.56. The van der Waals surface area contributed by atoms with E-state index in [1.54, 1.807) is 23.1 Å². The summed E-state index contributed by atoms with van der Waals surface area (Å²) >= 11 is 10.1. The number of halogens is 1. The van der Waals surface area contributed by atoms with Gasteiger partial charge in [-0.25, -0.2) is 4.79 Å². The summed E-state index contributed by atoms with van der Waals surface area (Å²) in [5.41, 5.74) is 2.58. The SMILES string of the molecule is COC(=O)COc1ccc(/C=C2/SC(=S)N(c3ccccc3C)C2=O)cc1Br. The number of hydrogen-bond acceptors (Lipinski definition) is 6. The Morgan fingerprint density at radius 1 is 1.29 bits per heavy atom. The van der Waals surface area contributed by atoms with Crippen molar-refractivity contribution in [2.45, 2.75) is 6.92 Å². The van der Waals surface area contributed by atoms with Gasteiger partial charge < -0.3 is 9.47 Å². The van der Waals surface area contributed by atoms with Crippen LogP contribution in [0.15, 0.2) is 51.8 Å². The van der Waals surface area contributed by atoms with E-state index in [4.69, 9.17) is 17.0 Å². The van der Waals surface area contributed by atoms with Gasteiger partial charge in [0.25, 0.3) is 5.91 Å². The summed E-state index contributed by atoms with van der Waals surface area (Å²) in [6, 6.07) is 13.0. The predicted molar refractivity (Wildman–Crippen MR) is 118 cm³/mol. The minimum Gasteiger partial charge on any atom is -0.481 e. The van der Waals surface area contributed by atoms with Crippen LogP contribution >= 0.6 is 39.9 Å². The number of para-hydroxylation sites is 1. The van der Waals surface area contributed by atoms with Gasteiger partial charge >= 0.3 is 5.97 Å². The molecule has 0 N–H and O–H groups in total. The van der Waals surface area contributed by atoms with Gasteiger partial charge in [0.1, 0.15) is 5.75 Å². The summed E-state index contributed by atoms with van der Waals surface area (Å²) in [6.45, 7) is 1.77. The van der Waals surface area contributed by atoms with E-state index >= 15 is 0 Å². The topological polar surface area (TPSA) is 55.8 Å². The Hall–Kier alpha value is -2.16. The second-order valence-electron chi connectivity index (χ2n) is 5.86. The van der Waals surface area contributed by atoms with Crippen molar-refractivity contribution < 1.29 is 19.1 Å². The van der Waals surface area contributed by atoms with E-state index in [9.17, 15) is 9.59 Å². The number of ether oxygens (including phenoxy) is 2. The molecule has 5 nitrogen and oxygen atoms in total. The quantitative estimate of drug-likeness (QED) is 0.352. The molecule has 1 heterocycles. The molecule has 1 fully saturated rings. The third kappa shape index (κ3) is 4.45. The molecule has 1 amide bonds. The van der Waals surface area contributed by atoms with Crippen molar-refractivity contribution in [2.24, 2.45) is 0 Å². The summed E-state index contributed by atoms with van der Waals surface area (Å²) in [5, 5.41) is 0.